The van der Waals surface area contributed by atoms with Gasteiger partial charge in [-0.15, -0.1) is 0 Å². The molecule has 94 valence electrons. The first kappa shape index (κ1) is 12.6. The van der Waals surface area contributed by atoms with Gasteiger partial charge < -0.3 is 10.1 Å². The minimum absolute atomic E-state index is 0.321. The zero-order valence-electron chi connectivity index (χ0n) is 11.0. The summed E-state index contributed by atoms with van der Waals surface area (Å²) in [6, 6.07) is 8.97. The Morgan fingerprint density at radius 3 is 2.41 bits per heavy atom. The van der Waals surface area contributed by atoms with Gasteiger partial charge in [0.25, 0.3) is 0 Å². The van der Waals surface area contributed by atoms with Gasteiger partial charge in [0.2, 0.25) is 0 Å². The van der Waals surface area contributed by atoms with E-state index in [1.807, 2.05) is 0 Å². The second-order valence-electron chi connectivity index (χ2n) is 5.11. The number of hydrogen-bond acceptors (Lipinski definition) is 2. The number of aryl methyl sites for hydroxylation is 1. The summed E-state index contributed by atoms with van der Waals surface area (Å²) in [6.07, 6.45) is 2.23. The Labute approximate surface area is 104 Å². The molecule has 0 radical (unpaired) electrons. The van der Waals surface area contributed by atoms with Crippen LogP contribution in [0, 0.1) is 6.92 Å². The van der Waals surface area contributed by atoms with Crippen molar-refractivity contribution >= 4 is 0 Å². The van der Waals surface area contributed by atoms with Crippen LogP contribution >= 0.6 is 0 Å². The Morgan fingerprint density at radius 1 is 1.18 bits per heavy atom. The van der Waals surface area contributed by atoms with Crippen molar-refractivity contribution in [3.05, 3.63) is 35.4 Å². The monoisotopic (exact) mass is 233 g/mol. The minimum atomic E-state index is 0.321. The summed E-state index contributed by atoms with van der Waals surface area (Å²) in [7, 11) is 0. The first-order valence-electron chi connectivity index (χ1n) is 6.62. The van der Waals surface area contributed by atoms with E-state index in [2.05, 4.69) is 43.4 Å². The van der Waals surface area contributed by atoms with Crippen LogP contribution in [0.5, 0.6) is 0 Å². The fourth-order valence-electron chi connectivity index (χ4n) is 2.37. The number of rotatable bonds is 6. The van der Waals surface area contributed by atoms with Gasteiger partial charge in [-0.05, 0) is 25.3 Å². The smallest absolute Gasteiger partial charge is 0.0475 e. The molecule has 0 aliphatic carbocycles. The van der Waals surface area contributed by atoms with Gasteiger partial charge in [0.05, 0.1) is 0 Å². The molecule has 1 aliphatic heterocycles. The Kier molecular flexibility index (Phi) is 4.19. The minimum Gasteiger partial charge on any atom is -0.381 e. The zero-order chi connectivity index (χ0) is 12.1. The first-order valence-corrected chi connectivity index (χ1v) is 6.62. The van der Waals surface area contributed by atoms with Gasteiger partial charge in [-0.3, -0.25) is 0 Å². The third-order valence-electron chi connectivity index (χ3n) is 3.66. The first-order chi connectivity index (χ1) is 8.27. The van der Waals surface area contributed by atoms with E-state index in [-0.39, 0.29) is 0 Å². The summed E-state index contributed by atoms with van der Waals surface area (Å²) in [6.45, 7) is 8.23. The maximum absolute atomic E-state index is 5.63. The normalized spacial score (nSPS) is 17.8. The quantitative estimate of drug-likeness (QED) is 0.763. The third-order valence-corrected chi connectivity index (χ3v) is 3.66. The summed E-state index contributed by atoms with van der Waals surface area (Å²) in [5, 5.41) is 3.40. The summed E-state index contributed by atoms with van der Waals surface area (Å²) in [4.78, 5) is 0. The fourth-order valence-corrected chi connectivity index (χ4v) is 2.37. The standard InChI is InChI=1S/C15H23NO/c1-3-9-17-10-8-15(11-16-12-15)14-6-4-13(2)5-7-14/h4-7,16H,3,8-12H2,1-2H3. The van der Waals surface area contributed by atoms with Crippen LogP contribution in [0.25, 0.3) is 0 Å². The van der Waals surface area contributed by atoms with Crippen LogP contribution < -0.4 is 5.32 Å². The summed E-state index contributed by atoms with van der Waals surface area (Å²) >= 11 is 0. The summed E-state index contributed by atoms with van der Waals surface area (Å²) < 4.78 is 5.63. The van der Waals surface area contributed by atoms with E-state index >= 15 is 0 Å². The molecule has 0 bridgehead atoms. The van der Waals surface area contributed by atoms with E-state index in [4.69, 9.17) is 4.74 Å². The van der Waals surface area contributed by atoms with Crippen LogP contribution in [-0.2, 0) is 10.2 Å². The molecule has 1 aromatic rings. The molecule has 1 heterocycles. The van der Waals surface area contributed by atoms with E-state index in [1.165, 1.54) is 11.1 Å². The number of hydrogen-bond donors (Lipinski definition) is 1. The number of ether oxygens (including phenoxy) is 1. The summed E-state index contributed by atoms with van der Waals surface area (Å²) in [5.74, 6) is 0. The van der Waals surface area contributed by atoms with Crippen molar-refractivity contribution in [2.45, 2.75) is 32.1 Å². The predicted octanol–water partition coefficient (Wildman–Crippen LogP) is 2.65. The lowest BCUT2D eigenvalue weighted by atomic mass is 9.73. The van der Waals surface area contributed by atoms with Crippen LogP contribution in [0.15, 0.2) is 24.3 Å². The summed E-state index contributed by atoms with van der Waals surface area (Å²) in [5.41, 5.74) is 3.11. The molecule has 0 amide bonds. The van der Waals surface area contributed by atoms with Crippen molar-refractivity contribution in [2.75, 3.05) is 26.3 Å². The lowest BCUT2D eigenvalue weighted by molar-refractivity contribution is 0.0997. The predicted molar refractivity (Wildman–Crippen MR) is 71.5 cm³/mol. The SMILES string of the molecule is CCCOCCC1(c2ccc(C)cc2)CNC1. The number of nitrogens with one attached hydrogen (secondary N) is 1. The Morgan fingerprint density at radius 2 is 1.88 bits per heavy atom. The number of benzene rings is 1. The highest BCUT2D eigenvalue weighted by Gasteiger charge is 2.37. The molecule has 0 atom stereocenters. The van der Waals surface area contributed by atoms with Crippen molar-refractivity contribution in [2.24, 2.45) is 0 Å². The lowest BCUT2D eigenvalue weighted by Crippen LogP contribution is -2.57. The molecule has 1 saturated heterocycles. The third kappa shape index (κ3) is 2.88. The second kappa shape index (κ2) is 5.65. The van der Waals surface area contributed by atoms with Crippen LogP contribution in [0.4, 0.5) is 0 Å². The lowest BCUT2D eigenvalue weighted by Gasteiger charge is -2.43. The molecule has 0 saturated carbocycles. The van der Waals surface area contributed by atoms with Crippen LogP contribution in [0.2, 0.25) is 0 Å². The topological polar surface area (TPSA) is 21.3 Å². The van der Waals surface area contributed by atoms with E-state index in [0.717, 1.165) is 39.1 Å². The van der Waals surface area contributed by atoms with Gasteiger partial charge in [-0.25, -0.2) is 0 Å². The van der Waals surface area contributed by atoms with E-state index in [9.17, 15) is 0 Å². The van der Waals surface area contributed by atoms with Gasteiger partial charge >= 0.3 is 0 Å². The van der Waals surface area contributed by atoms with Crippen LogP contribution in [0.3, 0.4) is 0 Å². The molecule has 2 nitrogen and oxygen atoms in total. The molecule has 17 heavy (non-hydrogen) atoms. The van der Waals surface area contributed by atoms with E-state index in [1.54, 1.807) is 0 Å². The molecule has 1 fully saturated rings. The highest BCUT2D eigenvalue weighted by molar-refractivity contribution is 5.32. The Bertz CT molecular complexity index is 340. The van der Waals surface area contributed by atoms with Gasteiger partial charge in [0, 0.05) is 31.7 Å². The second-order valence-corrected chi connectivity index (χ2v) is 5.11. The highest BCUT2D eigenvalue weighted by atomic mass is 16.5. The van der Waals surface area contributed by atoms with E-state index < -0.39 is 0 Å². The molecular formula is C15H23NO. The maximum atomic E-state index is 5.63. The Balaban J connectivity index is 1.96. The van der Waals surface area contributed by atoms with Crippen molar-refractivity contribution in [1.29, 1.82) is 0 Å². The molecule has 0 unspecified atom stereocenters. The largest absolute Gasteiger partial charge is 0.381 e. The van der Waals surface area contributed by atoms with E-state index in [0.29, 0.717) is 5.41 Å². The fraction of sp³-hybridized carbons (Fsp3) is 0.600. The van der Waals surface area contributed by atoms with Gasteiger partial charge in [-0.2, -0.15) is 0 Å². The van der Waals surface area contributed by atoms with Crippen LogP contribution in [0.1, 0.15) is 30.9 Å². The molecule has 0 aromatic heterocycles. The van der Waals surface area contributed by atoms with Crippen molar-refractivity contribution in [3.63, 3.8) is 0 Å². The van der Waals surface area contributed by atoms with Crippen molar-refractivity contribution in [3.8, 4) is 0 Å². The highest BCUT2D eigenvalue weighted by Crippen LogP contribution is 2.32. The van der Waals surface area contributed by atoms with Gasteiger partial charge in [0.1, 0.15) is 0 Å². The molecule has 2 rings (SSSR count). The van der Waals surface area contributed by atoms with Gasteiger partial charge in [0.15, 0.2) is 0 Å². The molecule has 0 spiro atoms. The molecule has 2 heteroatoms. The Hall–Kier alpha value is -0.860. The average Bonchev–Trinajstić information content (AvgIpc) is 2.29. The molecule has 1 N–H and O–H groups in total. The molecular weight excluding hydrogens is 210 g/mol. The molecule has 1 aromatic carbocycles. The van der Waals surface area contributed by atoms with Crippen LogP contribution in [-0.4, -0.2) is 26.3 Å². The maximum Gasteiger partial charge on any atom is 0.0475 e. The average molecular weight is 233 g/mol. The molecule has 1 aliphatic rings. The van der Waals surface area contributed by atoms with Crippen molar-refractivity contribution < 1.29 is 4.74 Å². The zero-order valence-corrected chi connectivity index (χ0v) is 11.0. The van der Waals surface area contributed by atoms with Gasteiger partial charge in [-0.1, -0.05) is 36.8 Å². The van der Waals surface area contributed by atoms with Crippen molar-refractivity contribution in [1.82, 2.24) is 5.32 Å².